The van der Waals surface area contributed by atoms with E-state index >= 15 is 0 Å². The Morgan fingerprint density at radius 1 is 1.12 bits per heavy atom. The molecule has 11 heteroatoms. The van der Waals surface area contributed by atoms with E-state index in [-0.39, 0.29) is 22.2 Å². The van der Waals surface area contributed by atoms with Crippen molar-refractivity contribution in [2.24, 2.45) is 0 Å². The number of sulfonamides is 1. The summed E-state index contributed by atoms with van der Waals surface area (Å²) in [6.07, 6.45) is 7.73. The second-order valence-electron chi connectivity index (χ2n) is 8.39. The summed E-state index contributed by atoms with van der Waals surface area (Å²) >= 11 is 0. The van der Waals surface area contributed by atoms with Crippen LogP contribution >= 0.6 is 0 Å². The first-order chi connectivity index (χ1) is 16.4. The van der Waals surface area contributed by atoms with Crippen molar-refractivity contribution in [2.75, 3.05) is 31.5 Å². The second-order valence-corrected chi connectivity index (χ2v) is 10.0. The van der Waals surface area contributed by atoms with Crippen LogP contribution in [0.2, 0.25) is 0 Å². The summed E-state index contributed by atoms with van der Waals surface area (Å²) in [5.41, 5.74) is 2.77. The molecule has 0 bridgehead atoms. The first-order valence-corrected chi connectivity index (χ1v) is 12.7. The van der Waals surface area contributed by atoms with E-state index in [0.29, 0.717) is 35.8 Å². The van der Waals surface area contributed by atoms with Crippen LogP contribution in [0.3, 0.4) is 0 Å². The summed E-state index contributed by atoms with van der Waals surface area (Å²) in [5, 5.41) is 10.6. The minimum atomic E-state index is -4.03. The Kier molecular flexibility index (Phi) is 5.96. The van der Waals surface area contributed by atoms with Crippen LogP contribution in [0.5, 0.6) is 5.75 Å². The number of anilines is 1. The third-order valence-corrected chi connectivity index (χ3v) is 7.59. The number of piperidine rings is 1. The van der Waals surface area contributed by atoms with E-state index in [1.54, 1.807) is 18.3 Å². The van der Waals surface area contributed by atoms with Gasteiger partial charge in [-0.2, -0.15) is 5.10 Å². The maximum Gasteiger partial charge on any atom is 0.265 e. The van der Waals surface area contributed by atoms with Crippen molar-refractivity contribution in [2.45, 2.75) is 30.2 Å². The normalized spacial score (nSPS) is 16.6. The summed E-state index contributed by atoms with van der Waals surface area (Å²) in [5.74, 6) is -0.0502. The van der Waals surface area contributed by atoms with Crippen LogP contribution < -0.4 is 20.1 Å². The Balaban J connectivity index is 1.45. The molecule has 0 spiro atoms. The van der Waals surface area contributed by atoms with Crippen LogP contribution in [0, 0.1) is 0 Å². The zero-order chi connectivity index (χ0) is 23.7. The summed E-state index contributed by atoms with van der Waals surface area (Å²) in [6, 6.07) is 6.85. The van der Waals surface area contributed by atoms with Gasteiger partial charge >= 0.3 is 0 Å². The lowest BCUT2D eigenvalue weighted by Gasteiger charge is -2.22. The van der Waals surface area contributed by atoms with Crippen LogP contribution in [0.4, 0.5) is 5.69 Å². The Hall–Kier alpha value is -3.44. The average molecular weight is 483 g/mol. The standard InChI is InChI=1S/C23H26N6O4S/c1-33-21-3-2-15(16-12-27-29(14-16)18-4-7-24-8-5-18)10-22(21)34(31,32)28-17-11-19-20(26-13-17)6-9-25-23(19)30/h2-3,10-14,18,24,28H,4-9H2,1H3,(H,25,30). The van der Waals surface area contributed by atoms with Gasteiger partial charge in [0.05, 0.1) is 42.5 Å². The van der Waals surface area contributed by atoms with Crippen LogP contribution in [0.25, 0.3) is 11.1 Å². The van der Waals surface area contributed by atoms with Crippen LogP contribution in [-0.2, 0) is 16.4 Å². The predicted molar refractivity (Wildman–Crippen MR) is 126 cm³/mol. The molecular weight excluding hydrogens is 456 g/mol. The number of rotatable bonds is 6. The lowest BCUT2D eigenvalue weighted by molar-refractivity contribution is 0.0945. The van der Waals surface area contributed by atoms with Gasteiger partial charge in [0.2, 0.25) is 0 Å². The molecule has 3 aromatic rings. The third-order valence-electron chi connectivity index (χ3n) is 6.19. The molecule has 1 amide bonds. The van der Waals surface area contributed by atoms with E-state index in [9.17, 15) is 13.2 Å². The number of carbonyl (C=O) groups is 1. The van der Waals surface area contributed by atoms with E-state index < -0.39 is 10.0 Å². The van der Waals surface area contributed by atoms with Gasteiger partial charge in [-0.05, 0) is 49.7 Å². The number of carbonyl (C=O) groups excluding carboxylic acids is 1. The molecule has 1 fully saturated rings. The van der Waals surface area contributed by atoms with Crippen LogP contribution in [0.15, 0.2) is 47.8 Å². The fourth-order valence-electron chi connectivity index (χ4n) is 4.37. The van der Waals surface area contributed by atoms with Gasteiger partial charge in [0.15, 0.2) is 0 Å². The van der Waals surface area contributed by atoms with Gasteiger partial charge in [0, 0.05) is 24.7 Å². The molecule has 0 saturated carbocycles. The Morgan fingerprint density at radius 2 is 1.94 bits per heavy atom. The molecule has 34 heavy (non-hydrogen) atoms. The monoisotopic (exact) mass is 482 g/mol. The van der Waals surface area contributed by atoms with E-state index in [1.807, 2.05) is 16.9 Å². The number of nitrogens with zero attached hydrogens (tertiary/aromatic N) is 3. The summed E-state index contributed by atoms with van der Waals surface area (Å²) in [4.78, 5) is 16.4. The number of hydrogen-bond donors (Lipinski definition) is 3. The third kappa shape index (κ3) is 4.36. The maximum absolute atomic E-state index is 13.3. The van der Waals surface area contributed by atoms with Gasteiger partial charge in [-0.25, -0.2) is 8.42 Å². The topological polar surface area (TPSA) is 127 Å². The summed E-state index contributed by atoms with van der Waals surface area (Å²) < 4.78 is 36.5. The first kappa shape index (κ1) is 22.4. The van der Waals surface area contributed by atoms with Crippen molar-refractivity contribution >= 4 is 21.6 Å². The molecule has 2 aliphatic heterocycles. The molecule has 178 valence electrons. The van der Waals surface area contributed by atoms with Gasteiger partial charge in [0.25, 0.3) is 15.9 Å². The molecule has 1 saturated heterocycles. The van der Waals surface area contributed by atoms with E-state index in [0.717, 1.165) is 31.5 Å². The Bertz CT molecular complexity index is 1330. The highest BCUT2D eigenvalue weighted by Gasteiger charge is 2.24. The molecule has 4 heterocycles. The zero-order valence-electron chi connectivity index (χ0n) is 18.7. The van der Waals surface area contributed by atoms with Crippen molar-refractivity contribution in [3.8, 4) is 16.9 Å². The number of aromatic nitrogens is 3. The molecule has 10 nitrogen and oxygen atoms in total. The van der Waals surface area contributed by atoms with Crippen LogP contribution in [-0.4, -0.2) is 55.8 Å². The summed E-state index contributed by atoms with van der Waals surface area (Å²) in [6.45, 7) is 2.42. The van der Waals surface area contributed by atoms with Gasteiger partial charge in [-0.1, -0.05) is 6.07 Å². The average Bonchev–Trinajstić information content (AvgIpc) is 3.35. The fraction of sp³-hybridized carbons (Fsp3) is 0.348. The highest BCUT2D eigenvalue weighted by Crippen LogP contribution is 2.32. The first-order valence-electron chi connectivity index (χ1n) is 11.2. The van der Waals surface area contributed by atoms with Crippen molar-refractivity contribution in [1.82, 2.24) is 25.4 Å². The minimum Gasteiger partial charge on any atom is -0.495 e. The lowest BCUT2D eigenvalue weighted by Crippen LogP contribution is -2.32. The smallest absolute Gasteiger partial charge is 0.265 e. The van der Waals surface area contributed by atoms with Crippen molar-refractivity contribution in [3.63, 3.8) is 0 Å². The molecule has 0 radical (unpaired) electrons. The highest BCUT2D eigenvalue weighted by atomic mass is 32.2. The molecule has 0 atom stereocenters. The molecular formula is C23H26N6O4S. The largest absolute Gasteiger partial charge is 0.495 e. The molecule has 5 rings (SSSR count). The SMILES string of the molecule is COc1ccc(-c2cnn(C3CCNCC3)c2)cc1S(=O)(=O)Nc1cnc2c(c1)C(=O)NCC2. The van der Waals surface area contributed by atoms with Gasteiger partial charge < -0.3 is 15.4 Å². The molecule has 1 aromatic carbocycles. The number of hydrogen-bond acceptors (Lipinski definition) is 7. The number of fused-ring (bicyclic) bond motifs is 1. The predicted octanol–water partition coefficient (Wildman–Crippen LogP) is 1.96. The summed E-state index contributed by atoms with van der Waals surface area (Å²) in [7, 11) is -2.60. The molecule has 0 unspecified atom stereocenters. The van der Waals surface area contributed by atoms with Gasteiger partial charge in [-0.3, -0.25) is 19.2 Å². The molecule has 2 aliphatic rings. The van der Waals surface area contributed by atoms with Crippen molar-refractivity contribution in [3.05, 3.63) is 54.1 Å². The molecule has 3 N–H and O–H groups in total. The van der Waals surface area contributed by atoms with Crippen molar-refractivity contribution in [1.29, 1.82) is 0 Å². The zero-order valence-corrected chi connectivity index (χ0v) is 19.6. The quantitative estimate of drug-likeness (QED) is 0.490. The maximum atomic E-state index is 13.3. The number of amides is 1. The number of benzene rings is 1. The fourth-order valence-corrected chi connectivity index (χ4v) is 5.60. The Morgan fingerprint density at radius 3 is 2.74 bits per heavy atom. The number of pyridine rings is 1. The van der Waals surface area contributed by atoms with E-state index in [4.69, 9.17) is 4.74 Å². The second kappa shape index (κ2) is 9.07. The number of nitrogens with one attached hydrogen (secondary N) is 3. The molecule has 2 aromatic heterocycles. The van der Waals surface area contributed by atoms with Gasteiger partial charge in [-0.15, -0.1) is 0 Å². The van der Waals surface area contributed by atoms with E-state index in [1.165, 1.54) is 19.4 Å². The van der Waals surface area contributed by atoms with E-state index in [2.05, 4.69) is 25.4 Å². The van der Waals surface area contributed by atoms with Gasteiger partial charge in [0.1, 0.15) is 10.6 Å². The number of methoxy groups -OCH3 is 1. The minimum absolute atomic E-state index is 0.00992. The molecule has 0 aliphatic carbocycles. The highest BCUT2D eigenvalue weighted by molar-refractivity contribution is 7.92. The number of ether oxygens (including phenoxy) is 1. The Labute approximate surface area is 197 Å². The van der Waals surface area contributed by atoms with Crippen molar-refractivity contribution < 1.29 is 17.9 Å². The lowest BCUT2D eigenvalue weighted by atomic mass is 10.1. The van der Waals surface area contributed by atoms with Crippen LogP contribution in [0.1, 0.15) is 34.9 Å².